The largest absolute Gasteiger partial charge is 0.294 e. The van der Waals surface area contributed by atoms with Crippen LogP contribution in [0, 0.1) is 25.6 Å². The Morgan fingerprint density at radius 3 is 2.45 bits per heavy atom. The highest BCUT2D eigenvalue weighted by atomic mass is 19.1. The van der Waals surface area contributed by atoms with Crippen molar-refractivity contribution >= 4 is 5.78 Å². The summed E-state index contributed by atoms with van der Waals surface area (Å²) in [6, 6.07) is 13.0. The maximum atomic E-state index is 13.2. The maximum Gasteiger partial charge on any atom is 0.166 e. The molecule has 2 aromatic rings. The Hall–Kier alpha value is -1.96. The van der Waals surface area contributed by atoms with E-state index in [1.165, 1.54) is 17.2 Å². The summed E-state index contributed by atoms with van der Waals surface area (Å²) in [6.45, 7) is 3.75. The Labute approximate surface area is 118 Å². The van der Waals surface area contributed by atoms with Crippen LogP contribution in [0.4, 0.5) is 4.39 Å². The van der Waals surface area contributed by atoms with Gasteiger partial charge >= 0.3 is 0 Å². The normalized spacial score (nSPS) is 20.8. The summed E-state index contributed by atoms with van der Waals surface area (Å²) in [7, 11) is 0. The van der Waals surface area contributed by atoms with E-state index in [1.54, 1.807) is 19.1 Å². The Morgan fingerprint density at radius 1 is 1.10 bits per heavy atom. The molecule has 0 bridgehead atoms. The van der Waals surface area contributed by atoms with Gasteiger partial charge in [-0.05, 0) is 55.5 Å². The smallest absolute Gasteiger partial charge is 0.166 e. The van der Waals surface area contributed by atoms with E-state index in [9.17, 15) is 9.18 Å². The first-order valence-electron chi connectivity index (χ1n) is 6.93. The minimum Gasteiger partial charge on any atom is -0.294 e. The third-order valence-electron chi connectivity index (χ3n) is 4.08. The molecule has 0 spiro atoms. The third kappa shape index (κ3) is 2.38. The molecule has 0 N–H and O–H groups in total. The van der Waals surface area contributed by atoms with Crippen LogP contribution >= 0.6 is 0 Å². The third-order valence-corrected chi connectivity index (χ3v) is 4.08. The van der Waals surface area contributed by atoms with Crippen molar-refractivity contribution in [2.75, 3.05) is 0 Å². The van der Waals surface area contributed by atoms with Crippen molar-refractivity contribution in [2.45, 2.75) is 26.2 Å². The zero-order valence-electron chi connectivity index (χ0n) is 11.7. The van der Waals surface area contributed by atoms with Crippen LogP contribution in [0.2, 0.25) is 0 Å². The van der Waals surface area contributed by atoms with Crippen LogP contribution in [0.25, 0.3) is 0 Å². The fourth-order valence-electron chi connectivity index (χ4n) is 2.68. The van der Waals surface area contributed by atoms with E-state index in [2.05, 4.69) is 31.2 Å². The molecule has 2 aromatic carbocycles. The van der Waals surface area contributed by atoms with E-state index >= 15 is 0 Å². The van der Waals surface area contributed by atoms with Gasteiger partial charge in [-0.3, -0.25) is 4.79 Å². The van der Waals surface area contributed by atoms with Crippen molar-refractivity contribution < 1.29 is 9.18 Å². The lowest BCUT2D eigenvalue weighted by atomic mass is 10.0. The van der Waals surface area contributed by atoms with E-state index in [1.807, 2.05) is 0 Å². The van der Waals surface area contributed by atoms with E-state index in [-0.39, 0.29) is 17.5 Å². The molecule has 1 aliphatic carbocycles. The SMILES string of the molecule is Cc1ccc(C2CC2C(=O)c2ccc(F)c(C)c2)cc1. The van der Waals surface area contributed by atoms with Gasteiger partial charge in [0.1, 0.15) is 5.82 Å². The molecule has 1 aliphatic rings. The van der Waals surface area contributed by atoms with Crippen LogP contribution in [-0.2, 0) is 0 Å². The highest BCUT2D eigenvalue weighted by Gasteiger charge is 2.43. The van der Waals surface area contributed by atoms with Gasteiger partial charge in [-0.1, -0.05) is 29.8 Å². The Bertz CT molecular complexity index is 658. The molecule has 1 nitrogen and oxygen atoms in total. The standard InChI is InChI=1S/C18H17FO/c1-11-3-5-13(6-4-11)15-10-16(15)18(20)14-7-8-17(19)12(2)9-14/h3-9,15-16H,10H2,1-2H3. The fourth-order valence-corrected chi connectivity index (χ4v) is 2.68. The lowest BCUT2D eigenvalue weighted by molar-refractivity contribution is 0.0965. The second kappa shape index (κ2) is 4.86. The fraction of sp³-hybridized carbons (Fsp3) is 0.278. The average molecular weight is 268 g/mol. The zero-order valence-corrected chi connectivity index (χ0v) is 11.7. The first-order chi connectivity index (χ1) is 9.56. The van der Waals surface area contributed by atoms with Gasteiger partial charge in [0.15, 0.2) is 5.78 Å². The van der Waals surface area contributed by atoms with Gasteiger partial charge in [-0.15, -0.1) is 0 Å². The molecule has 1 fully saturated rings. The summed E-state index contributed by atoms with van der Waals surface area (Å²) < 4.78 is 13.2. The summed E-state index contributed by atoms with van der Waals surface area (Å²) in [4.78, 5) is 12.4. The molecule has 102 valence electrons. The topological polar surface area (TPSA) is 17.1 Å². The van der Waals surface area contributed by atoms with Gasteiger partial charge in [-0.2, -0.15) is 0 Å². The lowest BCUT2D eigenvalue weighted by Crippen LogP contribution is -2.04. The van der Waals surface area contributed by atoms with E-state index < -0.39 is 0 Å². The molecule has 0 amide bonds. The molecule has 0 radical (unpaired) electrons. The predicted molar refractivity (Wildman–Crippen MR) is 77.5 cm³/mol. The Kier molecular flexibility index (Phi) is 3.17. The number of hydrogen-bond donors (Lipinski definition) is 0. The van der Waals surface area contributed by atoms with Gasteiger partial charge < -0.3 is 0 Å². The van der Waals surface area contributed by atoms with Crippen LogP contribution in [-0.4, -0.2) is 5.78 Å². The van der Waals surface area contributed by atoms with Crippen molar-refractivity contribution in [3.8, 4) is 0 Å². The maximum absolute atomic E-state index is 13.2. The van der Waals surface area contributed by atoms with Gasteiger partial charge in [0.2, 0.25) is 0 Å². The molecule has 1 saturated carbocycles. The summed E-state index contributed by atoms with van der Waals surface area (Å²) in [5.41, 5.74) is 3.62. The van der Waals surface area contributed by atoms with E-state index in [0.717, 1.165) is 6.42 Å². The molecule has 20 heavy (non-hydrogen) atoms. The van der Waals surface area contributed by atoms with Crippen LogP contribution < -0.4 is 0 Å². The molecule has 0 aromatic heterocycles. The average Bonchev–Trinajstić information content (AvgIpc) is 3.22. The Balaban J connectivity index is 1.77. The van der Waals surface area contributed by atoms with E-state index in [0.29, 0.717) is 17.0 Å². The van der Waals surface area contributed by atoms with E-state index in [4.69, 9.17) is 0 Å². The summed E-state index contributed by atoms with van der Waals surface area (Å²) in [5.74, 6) is 0.266. The van der Waals surface area contributed by atoms with Crippen LogP contribution in [0.3, 0.4) is 0 Å². The highest BCUT2D eigenvalue weighted by molar-refractivity contribution is 6.00. The number of hydrogen-bond acceptors (Lipinski definition) is 1. The lowest BCUT2D eigenvalue weighted by Gasteiger charge is -2.04. The predicted octanol–water partition coefficient (Wildman–Crippen LogP) is 4.43. The molecule has 0 aliphatic heterocycles. The number of carbonyl (C=O) groups is 1. The summed E-state index contributed by atoms with van der Waals surface area (Å²) in [5, 5.41) is 0. The number of aryl methyl sites for hydroxylation is 2. The second-order valence-electron chi connectivity index (χ2n) is 5.69. The monoisotopic (exact) mass is 268 g/mol. The zero-order chi connectivity index (χ0) is 14.3. The second-order valence-corrected chi connectivity index (χ2v) is 5.69. The van der Waals surface area contributed by atoms with Gasteiger partial charge in [0, 0.05) is 11.5 Å². The van der Waals surface area contributed by atoms with Crippen molar-refractivity contribution in [3.63, 3.8) is 0 Å². The van der Waals surface area contributed by atoms with Crippen molar-refractivity contribution in [3.05, 3.63) is 70.5 Å². The van der Waals surface area contributed by atoms with Crippen LogP contribution in [0.1, 0.15) is 39.4 Å². The van der Waals surface area contributed by atoms with Crippen molar-refractivity contribution in [1.82, 2.24) is 0 Å². The number of carbonyl (C=O) groups excluding carboxylic acids is 1. The number of ketones is 1. The van der Waals surface area contributed by atoms with Gasteiger partial charge in [0.25, 0.3) is 0 Å². The molecule has 2 unspecified atom stereocenters. The summed E-state index contributed by atoms with van der Waals surface area (Å²) in [6.07, 6.45) is 0.901. The molecular weight excluding hydrogens is 251 g/mol. The molecular formula is C18H17FO. The molecule has 3 rings (SSSR count). The first-order valence-corrected chi connectivity index (χ1v) is 6.93. The van der Waals surface area contributed by atoms with Gasteiger partial charge in [0.05, 0.1) is 0 Å². The molecule has 2 heteroatoms. The first kappa shape index (κ1) is 13.0. The number of rotatable bonds is 3. The summed E-state index contributed by atoms with van der Waals surface area (Å²) >= 11 is 0. The van der Waals surface area contributed by atoms with Crippen molar-refractivity contribution in [2.24, 2.45) is 5.92 Å². The minimum absolute atomic E-state index is 0.0579. The molecule has 2 atom stereocenters. The Morgan fingerprint density at radius 2 is 1.80 bits per heavy atom. The van der Waals surface area contributed by atoms with Crippen molar-refractivity contribution in [1.29, 1.82) is 0 Å². The van der Waals surface area contributed by atoms with Crippen LogP contribution in [0.15, 0.2) is 42.5 Å². The highest BCUT2D eigenvalue weighted by Crippen LogP contribution is 2.49. The van der Waals surface area contributed by atoms with Crippen LogP contribution in [0.5, 0.6) is 0 Å². The number of benzene rings is 2. The number of Topliss-reactive ketones (excluding diaryl/α,β-unsaturated/α-hetero) is 1. The number of halogens is 1. The van der Waals surface area contributed by atoms with Gasteiger partial charge in [-0.25, -0.2) is 4.39 Å². The molecule has 0 saturated heterocycles. The quantitative estimate of drug-likeness (QED) is 0.753. The molecule has 0 heterocycles. The minimum atomic E-state index is -0.257.